The van der Waals surface area contributed by atoms with Crippen LogP contribution in [0.3, 0.4) is 0 Å². The zero-order chi connectivity index (χ0) is 22.1. The van der Waals surface area contributed by atoms with Crippen LogP contribution in [-0.4, -0.2) is 16.0 Å². The molecule has 0 saturated carbocycles. The minimum absolute atomic E-state index is 0.106. The molecule has 0 aliphatic rings. The fourth-order valence-corrected chi connectivity index (χ4v) is 4.24. The van der Waals surface area contributed by atoms with Crippen LogP contribution in [0.1, 0.15) is 33.9 Å². The van der Waals surface area contributed by atoms with Gasteiger partial charge in [0.25, 0.3) is 0 Å². The van der Waals surface area contributed by atoms with E-state index >= 15 is 0 Å². The van der Waals surface area contributed by atoms with E-state index in [-0.39, 0.29) is 5.76 Å². The third-order valence-corrected chi connectivity index (χ3v) is 5.98. The van der Waals surface area contributed by atoms with E-state index in [1.54, 1.807) is 24.3 Å². The number of aliphatic hydroxyl groups is 2. The SMILES string of the molecule is O=C(c1ccco1)C([C@@H](O)c1ccc2ccccc2c1)[C@@H](O)c1ccc2ccccc2c1. The Morgan fingerprint density at radius 1 is 0.625 bits per heavy atom. The molecule has 1 aromatic heterocycles. The Balaban J connectivity index is 1.57. The summed E-state index contributed by atoms with van der Waals surface area (Å²) < 4.78 is 5.32. The van der Waals surface area contributed by atoms with Gasteiger partial charge in [0.15, 0.2) is 5.76 Å². The highest BCUT2D eigenvalue weighted by Crippen LogP contribution is 2.37. The van der Waals surface area contributed by atoms with Gasteiger partial charge in [-0.1, -0.05) is 72.8 Å². The van der Waals surface area contributed by atoms with Crippen LogP contribution in [0.15, 0.2) is 108 Å². The van der Waals surface area contributed by atoms with Crippen molar-refractivity contribution >= 4 is 27.3 Å². The van der Waals surface area contributed by atoms with Crippen LogP contribution < -0.4 is 0 Å². The molecule has 0 aliphatic carbocycles. The molecule has 0 radical (unpaired) electrons. The lowest BCUT2D eigenvalue weighted by atomic mass is 9.82. The van der Waals surface area contributed by atoms with Crippen molar-refractivity contribution in [2.45, 2.75) is 12.2 Å². The minimum Gasteiger partial charge on any atom is -0.461 e. The summed E-state index contributed by atoms with van der Waals surface area (Å²) in [5.41, 5.74) is 1.13. The molecule has 32 heavy (non-hydrogen) atoms. The predicted octanol–water partition coefficient (Wildman–Crippen LogP) is 5.85. The number of ketones is 1. The summed E-state index contributed by atoms with van der Waals surface area (Å²) in [5, 5.41) is 26.6. The summed E-state index contributed by atoms with van der Waals surface area (Å²) >= 11 is 0. The summed E-state index contributed by atoms with van der Waals surface area (Å²) in [6, 6.07) is 29.9. The number of fused-ring (bicyclic) bond motifs is 2. The lowest BCUT2D eigenvalue weighted by Gasteiger charge is -2.27. The lowest BCUT2D eigenvalue weighted by molar-refractivity contribution is 0.0128. The second-order valence-corrected chi connectivity index (χ2v) is 7.97. The third-order valence-electron chi connectivity index (χ3n) is 5.98. The van der Waals surface area contributed by atoms with E-state index in [0.29, 0.717) is 11.1 Å². The van der Waals surface area contributed by atoms with Crippen LogP contribution in [0.4, 0.5) is 0 Å². The summed E-state index contributed by atoms with van der Waals surface area (Å²) in [6.07, 6.45) is -1.04. The number of aliphatic hydroxyl groups excluding tert-OH is 2. The van der Waals surface area contributed by atoms with Gasteiger partial charge in [-0.15, -0.1) is 0 Å². The number of furan rings is 1. The van der Waals surface area contributed by atoms with E-state index in [9.17, 15) is 15.0 Å². The van der Waals surface area contributed by atoms with Crippen LogP contribution in [-0.2, 0) is 0 Å². The van der Waals surface area contributed by atoms with Gasteiger partial charge in [-0.2, -0.15) is 0 Å². The first kappa shape index (κ1) is 20.2. The van der Waals surface area contributed by atoms with Crippen molar-refractivity contribution in [3.05, 3.63) is 120 Å². The smallest absolute Gasteiger partial charge is 0.206 e. The van der Waals surface area contributed by atoms with Crippen molar-refractivity contribution in [3.63, 3.8) is 0 Å². The number of carbonyl (C=O) groups excluding carboxylic acids is 1. The van der Waals surface area contributed by atoms with Crippen molar-refractivity contribution in [2.75, 3.05) is 0 Å². The van der Waals surface area contributed by atoms with Gasteiger partial charge < -0.3 is 14.6 Å². The minimum atomic E-state index is -1.22. The first-order chi connectivity index (χ1) is 15.6. The first-order valence-corrected chi connectivity index (χ1v) is 10.5. The van der Waals surface area contributed by atoms with Gasteiger partial charge in [-0.05, 0) is 56.9 Å². The van der Waals surface area contributed by atoms with Gasteiger partial charge in [0.1, 0.15) is 0 Å². The predicted molar refractivity (Wildman–Crippen MR) is 124 cm³/mol. The average molecular weight is 422 g/mol. The van der Waals surface area contributed by atoms with E-state index in [1.165, 1.54) is 6.26 Å². The summed E-state index contributed by atoms with van der Waals surface area (Å²) in [7, 11) is 0. The van der Waals surface area contributed by atoms with Crippen LogP contribution in [0.25, 0.3) is 21.5 Å². The highest BCUT2D eigenvalue weighted by molar-refractivity contribution is 5.96. The van der Waals surface area contributed by atoms with Gasteiger partial charge in [0, 0.05) is 0 Å². The van der Waals surface area contributed by atoms with Crippen LogP contribution >= 0.6 is 0 Å². The van der Waals surface area contributed by atoms with Crippen LogP contribution in [0.5, 0.6) is 0 Å². The fraction of sp³-hybridized carbons (Fsp3) is 0.107. The molecule has 0 aliphatic heterocycles. The molecule has 0 unspecified atom stereocenters. The Morgan fingerprint density at radius 2 is 1.12 bits per heavy atom. The largest absolute Gasteiger partial charge is 0.461 e. The lowest BCUT2D eigenvalue weighted by Crippen LogP contribution is -2.29. The maximum atomic E-state index is 13.3. The Hall–Kier alpha value is -3.73. The topological polar surface area (TPSA) is 70.7 Å². The number of carbonyl (C=O) groups is 1. The Bertz CT molecular complexity index is 1300. The fourth-order valence-electron chi connectivity index (χ4n) is 4.24. The molecule has 5 rings (SSSR count). The number of benzene rings is 4. The van der Waals surface area contributed by atoms with Crippen molar-refractivity contribution < 1.29 is 19.4 Å². The van der Waals surface area contributed by atoms with E-state index in [0.717, 1.165) is 21.5 Å². The molecule has 4 aromatic carbocycles. The Kier molecular flexibility index (Phi) is 5.31. The van der Waals surface area contributed by atoms with E-state index in [4.69, 9.17) is 4.42 Å². The number of rotatable bonds is 6. The van der Waals surface area contributed by atoms with Crippen molar-refractivity contribution in [1.82, 2.24) is 0 Å². The number of hydrogen-bond donors (Lipinski definition) is 2. The van der Waals surface area contributed by atoms with Crippen molar-refractivity contribution in [2.24, 2.45) is 5.92 Å². The highest BCUT2D eigenvalue weighted by Gasteiger charge is 2.37. The second kappa shape index (κ2) is 8.42. The van der Waals surface area contributed by atoms with E-state index in [1.807, 2.05) is 72.8 Å². The number of Topliss-reactive ketones (excluding diaryl/α,β-unsaturated/α-hetero) is 1. The molecule has 0 saturated heterocycles. The first-order valence-electron chi connectivity index (χ1n) is 10.5. The van der Waals surface area contributed by atoms with Gasteiger partial charge in [0.2, 0.25) is 5.78 Å². The molecule has 5 aromatic rings. The Morgan fingerprint density at radius 3 is 1.59 bits per heavy atom. The molecule has 158 valence electrons. The van der Waals surface area contributed by atoms with Crippen LogP contribution in [0, 0.1) is 5.92 Å². The molecule has 0 bridgehead atoms. The Labute approximate surface area is 185 Å². The van der Waals surface area contributed by atoms with Gasteiger partial charge >= 0.3 is 0 Å². The summed E-state index contributed by atoms with van der Waals surface area (Å²) in [4.78, 5) is 13.3. The maximum absolute atomic E-state index is 13.3. The molecule has 4 nitrogen and oxygen atoms in total. The van der Waals surface area contributed by atoms with Crippen molar-refractivity contribution in [1.29, 1.82) is 0 Å². The van der Waals surface area contributed by atoms with Gasteiger partial charge in [-0.25, -0.2) is 0 Å². The van der Waals surface area contributed by atoms with Gasteiger partial charge in [0.05, 0.1) is 24.4 Å². The molecule has 2 N–H and O–H groups in total. The standard InChI is InChI=1S/C28H22O4/c29-26(22-13-11-18-6-1-3-8-20(18)16-22)25(28(31)24-10-5-15-32-24)27(30)23-14-12-19-7-2-4-9-21(19)17-23/h1-17,25-27,29-30H/t26-,27-/m0/s1. The van der Waals surface area contributed by atoms with Crippen LogP contribution in [0.2, 0.25) is 0 Å². The molecule has 0 fully saturated rings. The number of hydrogen-bond acceptors (Lipinski definition) is 4. The normalized spacial score (nSPS) is 13.5. The van der Waals surface area contributed by atoms with E-state index < -0.39 is 23.9 Å². The summed E-state index contributed by atoms with van der Waals surface area (Å²) in [5.74, 6) is -1.48. The molecule has 0 amide bonds. The third kappa shape index (κ3) is 3.71. The molecular weight excluding hydrogens is 400 g/mol. The molecule has 0 spiro atoms. The molecular formula is C28H22O4. The summed E-state index contributed by atoms with van der Waals surface area (Å²) in [6.45, 7) is 0. The average Bonchev–Trinajstić information content (AvgIpc) is 3.38. The quantitative estimate of drug-likeness (QED) is 0.337. The van der Waals surface area contributed by atoms with Gasteiger partial charge in [-0.3, -0.25) is 4.79 Å². The van der Waals surface area contributed by atoms with E-state index in [2.05, 4.69) is 0 Å². The molecule has 2 atom stereocenters. The second-order valence-electron chi connectivity index (χ2n) is 7.97. The molecule has 4 heteroatoms. The zero-order valence-electron chi connectivity index (χ0n) is 17.3. The zero-order valence-corrected chi connectivity index (χ0v) is 17.3. The maximum Gasteiger partial charge on any atom is 0.206 e. The highest BCUT2D eigenvalue weighted by atomic mass is 16.3. The monoisotopic (exact) mass is 422 g/mol. The van der Waals surface area contributed by atoms with Crippen molar-refractivity contribution in [3.8, 4) is 0 Å². The molecule has 1 heterocycles.